The largest absolute Gasteiger partial charge is 0.395 e. The molecule has 0 saturated heterocycles. The van der Waals surface area contributed by atoms with Crippen LogP contribution in [0.4, 0.5) is 0 Å². The number of nitrogens with zero attached hydrogens (tertiary/aromatic N) is 1. The average Bonchev–Trinajstić information content (AvgIpc) is 2.49. The van der Waals surface area contributed by atoms with E-state index in [1.165, 1.54) is 0 Å². The molecular formula is C17H28N2O2. The molecule has 0 bridgehead atoms. The molecule has 4 nitrogen and oxygen atoms in total. The number of hydrogen-bond acceptors (Lipinski definition) is 3. The molecule has 1 aromatic rings. The van der Waals surface area contributed by atoms with Crippen LogP contribution in [0.5, 0.6) is 0 Å². The summed E-state index contributed by atoms with van der Waals surface area (Å²) in [5.74, 6) is 0.00621. The summed E-state index contributed by atoms with van der Waals surface area (Å²) < 4.78 is 0. The van der Waals surface area contributed by atoms with Gasteiger partial charge in [0.25, 0.3) is 0 Å². The lowest BCUT2D eigenvalue weighted by Gasteiger charge is -2.29. The van der Waals surface area contributed by atoms with Gasteiger partial charge in [-0.05, 0) is 25.3 Å². The van der Waals surface area contributed by atoms with Gasteiger partial charge < -0.3 is 10.4 Å². The first-order valence-electron chi connectivity index (χ1n) is 7.81. The standard InChI is InChI=1S/C17H28N2O2/c1-4-16(5-2)19(11-12-20)13-17(21)18-14(3)15-9-7-6-8-10-15/h6-10,14,16,20H,4-5,11-13H2,1-3H3,(H,18,21). The van der Waals surface area contributed by atoms with Crippen molar-refractivity contribution in [1.29, 1.82) is 0 Å². The van der Waals surface area contributed by atoms with Gasteiger partial charge in [0.1, 0.15) is 0 Å². The van der Waals surface area contributed by atoms with Crippen molar-refractivity contribution in [2.45, 2.75) is 45.7 Å². The van der Waals surface area contributed by atoms with Crippen molar-refractivity contribution in [2.24, 2.45) is 0 Å². The van der Waals surface area contributed by atoms with Gasteiger partial charge in [0.15, 0.2) is 0 Å². The lowest BCUT2D eigenvalue weighted by Crippen LogP contribution is -2.44. The Hall–Kier alpha value is -1.39. The predicted octanol–water partition coefficient (Wildman–Crippen LogP) is 2.35. The van der Waals surface area contributed by atoms with E-state index in [0.29, 0.717) is 19.1 Å². The van der Waals surface area contributed by atoms with Crippen LogP contribution in [-0.2, 0) is 4.79 Å². The molecule has 0 fully saturated rings. The maximum absolute atomic E-state index is 12.2. The number of hydrogen-bond donors (Lipinski definition) is 2. The van der Waals surface area contributed by atoms with Crippen LogP contribution in [-0.4, -0.2) is 41.7 Å². The lowest BCUT2D eigenvalue weighted by atomic mass is 10.1. The molecule has 0 saturated carbocycles. The Morgan fingerprint density at radius 3 is 2.38 bits per heavy atom. The second-order valence-corrected chi connectivity index (χ2v) is 5.36. The zero-order valence-corrected chi connectivity index (χ0v) is 13.4. The summed E-state index contributed by atoms with van der Waals surface area (Å²) in [5.41, 5.74) is 1.10. The Balaban J connectivity index is 2.57. The Morgan fingerprint density at radius 2 is 1.86 bits per heavy atom. The number of aliphatic hydroxyl groups is 1. The minimum absolute atomic E-state index is 0.00335. The van der Waals surface area contributed by atoms with E-state index in [2.05, 4.69) is 24.1 Å². The monoisotopic (exact) mass is 292 g/mol. The van der Waals surface area contributed by atoms with Crippen molar-refractivity contribution in [3.8, 4) is 0 Å². The topological polar surface area (TPSA) is 52.6 Å². The second-order valence-electron chi connectivity index (χ2n) is 5.36. The zero-order chi connectivity index (χ0) is 15.7. The molecule has 1 atom stereocenters. The Morgan fingerprint density at radius 1 is 1.24 bits per heavy atom. The summed E-state index contributed by atoms with van der Waals surface area (Å²) in [7, 11) is 0. The van der Waals surface area contributed by atoms with Gasteiger partial charge in [-0.25, -0.2) is 0 Å². The molecule has 0 aliphatic carbocycles. The molecule has 0 radical (unpaired) electrons. The summed E-state index contributed by atoms with van der Waals surface area (Å²) in [6.07, 6.45) is 1.97. The maximum atomic E-state index is 12.2. The zero-order valence-electron chi connectivity index (χ0n) is 13.4. The molecule has 4 heteroatoms. The summed E-state index contributed by atoms with van der Waals surface area (Å²) in [6.45, 7) is 7.18. The Labute approximate surface area is 128 Å². The van der Waals surface area contributed by atoms with Crippen molar-refractivity contribution in [1.82, 2.24) is 10.2 Å². The van der Waals surface area contributed by atoms with Crippen LogP contribution in [0.2, 0.25) is 0 Å². The fourth-order valence-corrected chi connectivity index (χ4v) is 2.62. The first kappa shape index (κ1) is 17.7. The van der Waals surface area contributed by atoms with Gasteiger partial charge >= 0.3 is 0 Å². The number of nitrogens with one attached hydrogen (secondary N) is 1. The van der Waals surface area contributed by atoms with Crippen molar-refractivity contribution < 1.29 is 9.90 Å². The van der Waals surface area contributed by atoms with Crippen LogP contribution in [0.15, 0.2) is 30.3 Å². The van der Waals surface area contributed by atoms with E-state index in [9.17, 15) is 9.90 Å². The number of benzene rings is 1. The molecule has 0 spiro atoms. The molecular weight excluding hydrogens is 264 g/mol. The molecule has 1 rings (SSSR count). The third kappa shape index (κ3) is 5.86. The highest BCUT2D eigenvalue weighted by molar-refractivity contribution is 5.78. The highest BCUT2D eigenvalue weighted by Gasteiger charge is 2.18. The quantitative estimate of drug-likeness (QED) is 0.734. The first-order valence-corrected chi connectivity index (χ1v) is 7.81. The number of carbonyl (C=O) groups is 1. The van der Waals surface area contributed by atoms with Crippen LogP contribution < -0.4 is 5.32 Å². The average molecular weight is 292 g/mol. The molecule has 0 aliphatic heterocycles. The number of carbonyl (C=O) groups excluding carboxylic acids is 1. The molecule has 118 valence electrons. The highest BCUT2D eigenvalue weighted by Crippen LogP contribution is 2.12. The molecule has 0 aromatic heterocycles. The van der Waals surface area contributed by atoms with Crippen molar-refractivity contribution in [3.05, 3.63) is 35.9 Å². The normalized spacial score (nSPS) is 12.7. The van der Waals surface area contributed by atoms with Crippen LogP contribution in [0.3, 0.4) is 0 Å². The molecule has 2 N–H and O–H groups in total. The van der Waals surface area contributed by atoms with Crippen LogP contribution >= 0.6 is 0 Å². The molecule has 1 amide bonds. The highest BCUT2D eigenvalue weighted by atomic mass is 16.3. The van der Waals surface area contributed by atoms with Crippen LogP contribution in [0, 0.1) is 0 Å². The molecule has 1 aromatic carbocycles. The van der Waals surface area contributed by atoms with Crippen LogP contribution in [0.1, 0.15) is 45.2 Å². The third-order valence-corrected chi connectivity index (χ3v) is 3.87. The van der Waals surface area contributed by atoms with Gasteiger partial charge in [0.05, 0.1) is 19.2 Å². The van der Waals surface area contributed by atoms with E-state index in [4.69, 9.17) is 0 Å². The number of amides is 1. The summed E-state index contributed by atoms with van der Waals surface area (Å²) >= 11 is 0. The van der Waals surface area contributed by atoms with E-state index in [-0.39, 0.29) is 18.6 Å². The van der Waals surface area contributed by atoms with Crippen molar-refractivity contribution in [3.63, 3.8) is 0 Å². The van der Waals surface area contributed by atoms with E-state index < -0.39 is 0 Å². The van der Waals surface area contributed by atoms with E-state index in [1.54, 1.807) is 0 Å². The summed E-state index contributed by atoms with van der Waals surface area (Å²) in [4.78, 5) is 14.3. The van der Waals surface area contributed by atoms with E-state index in [0.717, 1.165) is 18.4 Å². The summed E-state index contributed by atoms with van der Waals surface area (Å²) in [5, 5.41) is 12.2. The van der Waals surface area contributed by atoms with Crippen LogP contribution in [0.25, 0.3) is 0 Å². The second kappa shape index (κ2) is 9.53. The molecule has 21 heavy (non-hydrogen) atoms. The summed E-state index contributed by atoms with van der Waals surface area (Å²) in [6, 6.07) is 10.3. The minimum atomic E-state index is -0.00335. The first-order chi connectivity index (χ1) is 10.1. The maximum Gasteiger partial charge on any atom is 0.234 e. The molecule has 0 heterocycles. The van der Waals surface area contributed by atoms with Gasteiger partial charge in [-0.2, -0.15) is 0 Å². The van der Waals surface area contributed by atoms with Crippen molar-refractivity contribution in [2.75, 3.05) is 19.7 Å². The fraction of sp³-hybridized carbons (Fsp3) is 0.588. The number of aliphatic hydroxyl groups excluding tert-OH is 1. The van der Waals surface area contributed by atoms with Crippen molar-refractivity contribution >= 4 is 5.91 Å². The van der Waals surface area contributed by atoms with Gasteiger partial charge in [-0.15, -0.1) is 0 Å². The SMILES string of the molecule is CCC(CC)N(CCO)CC(=O)NC(C)c1ccccc1. The fourth-order valence-electron chi connectivity index (χ4n) is 2.62. The predicted molar refractivity (Wildman–Crippen MR) is 86.0 cm³/mol. The lowest BCUT2D eigenvalue weighted by molar-refractivity contribution is -0.123. The molecule has 0 aliphatic rings. The van der Waals surface area contributed by atoms with E-state index in [1.807, 2.05) is 37.3 Å². The van der Waals surface area contributed by atoms with Gasteiger partial charge in [-0.1, -0.05) is 44.2 Å². The molecule has 1 unspecified atom stereocenters. The van der Waals surface area contributed by atoms with E-state index >= 15 is 0 Å². The van der Waals surface area contributed by atoms with Gasteiger partial charge in [0, 0.05) is 12.6 Å². The van der Waals surface area contributed by atoms with Gasteiger partial charge in [-0.3, -0.25) is 9.69 Å². The smallest absolute Gasteiger partial charge is 0.234 e. The number of rotatable bonds is 9. The Kier molecular flexibility index (Phi) is 8.01. The third-order valence-electron chi connectivity index (χ3n) is 3.87. The van der Waals surface area contributed by atoms with Gasteiger partial charge in [0.2, 0.25) is 5.91 Å². The Bertz CT molecular complexity index is 405. The minimum Gasteiger partial charge on any atom is -0.395 e.